The van der Waals surface area contributed by atoms with Gasteiger partial charge in [0.25, 0.3) is 0 Å². The summed E-state index contributed by atoms with van der Waals surface area (Å²) in [5.41, 5.74) is 2.21. The van der Waals surface area contributed by atoms with Gasteiger partial charge in [-0.25, -0.2) is 9.78 Å². The maximum absolute atomic E-state index is 11.7. The maximum atomic E-state index is 11.7. The molecule has 0 saturated carbocycles. The van der Waals surface area contributed by atoms with Crippen molar-refractivity contribution in [3.63, 3.8) is 0 Å². The van der Waals surface area contributed by atoms with Crippen LogP contribution in [0.4, 0.5) is 0 Å². The Morgan fingerprint density at radius 3 is 3.15 bits per heavy atom. The lowest BCUT2D eigenvalue weighted by Gasteiger charge is -2.21. The molecule has 1 saturated heterocycles. The second-order valence-electron chi connectivity index (χ2n) is 5.06. The van der Waals surface area contributed by atoms with Gasteiger partial charge in [-0.3, -0.25) is 4.40 Å². The van der Waals surface area contributed by atoms with Crippen molar-refractivity contribution < 1.29 is 14.3 Å². The molecule has 0 radical (unpaired) electrons. The minimum atomic E-state index is -0.353. The quantitative estimate of drug-likeness (QED) is 0.805. The smallest absolute Gasteiger partial charge is 0.355 e. The fraction of sp³-hybridized carbons (Fsp3) is 0.467. The number of carbonyl (C=O) groups excluding carboxylic acids is 1. The Morgan fingerprint density at radius 2 is 2.40 bits per heavy atom. The Morgan fingerprint density at radius 1 is 1.50 bits per heavy atom. The highest BCUT2D eigenvalue weighted by atomic mass is 16.5. The Balaban J connectivity index is 1.88. The van der Waals surface area contributed by atoms with E-state index in [0.29, 0.717) is 5.69 Å². The van der Waals surface area contributed by atoms with Crippen LogP contribution in [-0.2, 0) is 15.9 Å². The van der Waals surface area contributed by atoms with Crippen molar-refractivity contribution in [1.82, 2.24) is 9.38 Å². The van der Waals surface area contributed by atoms with Gasteiger partial charge in [0.15, 0.2) is 0 Å². The van der Waals surface area contributed by atoms with E-state index >= 15 is 0 Å². The molecule has 3 heterocycles. The number of fused-ring (bicyclic) bond motifs is 1. The van der Waals surface area contributed by atoms with Crippen LogP contribution < -0.4 is 0 Å². The molecular formula is C15H18N2O3. The second-order valence-corrected chi connectivity index (χ2v) is 5.06. The first-order chi connectivity index (χ1) is 9.78. The van der Waals surface area contributed by atoms with Gasteiger partial charge in [0, 0.05) is 19.2 Å². The summed E-state index contributed by atoms with van der Waals surface area (Å²) in [6, 6.07) is 5.44. The number of aromatic nitrogens is 2. The number of nitrogens with zero attached hydrogens (tertiary/aromatic N) is 2. The van der Waals surface area contributed by atoms with E-state index in [-0.39, 0.29) is 12.1 Å². The lowest BCUT2D eigenvalue weighted by atomic mass is 10.1. The van der Waals surface area contributed by atoms with E-state index in [9.17, 15) is 4.79 Å². The minimum Gasteiger partial charge on any atom is -0.464 e. The molecule has 0 N–H and O–H groups in total. The first kappa shape index (κ1) is 13.1. The largest absolute Gasteiger partial charge is 0.464 e. The molecule has 5 heteroatoms. The molecule has 1 unspecified atom stereocenters. The maximum Gasteiger partial charge on any atom is 0.355 e. The van der Waals surface area contributed by atoms with Crippen LogP contribution >= 0.6 is 0 Å². The van der Waals surface area contributed by atoms with E-state index in [1.165, 1.54) is 13.5 Å². The molecule has 0 aliphatic carbocycles. The first-order valence-corrected chi connectivity index (χ1v) is 6.95. The summed E-state index contributed by atoms with van der Waals surface area (Å²) in [5, 5.41) is 0. The number of methoxy groups -OCH3 is 1. The van der Waals surface area contributed by atoms with Gasteiger partial charge < -0.3 is 9.47 Å². The van der Waals surface area contributed by atoms with Gasteiger partial charge in [0.1, 0.15) is 11.3 Å². The monoisotopic (exact) mass is 274 g/mol. The van der Waals surface area contributed by atoms with Crippen molar-refractivity contribution in [2.45, 2.75) is 31.8 Å². The van der Waals surface area contributed by atoms with E-state index in [4.69, 9.17) is 9.47 Å². The molecule has 1 fully saturated rings. The number of carbonyl (C=O) groups is 1. The predicted octanol–water partition coefficient (Wildman–Crippen LogP) is 2.23. The van der Waals surface area contributed by atoms with Crippen LogP contribution in [0.3, 0.4) is 0 Å². The fourth-order valence-corrected chi connectivity index (χ4v) is 2.63. The van der Waals surface area contributed by atoms with Gasteiger partial charge >= 0.3 is 5.97 Å². The third-order valence-electron chi connectivity index (χ3n) is 3.65. The molecular weight excluding hydrogens is 256 g/mol. The molecule has 0 amide bonds. The second kappa shape index (κ2) is 5.63. The van der Waals surface area contributed by atoms with Crippen LogP contribution in [0.2, 0.25) is 0 Å². The van der Waals surface area contributed by atoms with Gasteiger partial charge in [-0.15, -0.1) is 0 Å². The van der Waals surface area contributed by atoms with Gasteiger partial charge in [0.2, 0.25) is 0 Å². The standard InChI is InChI=1S/C15H18N2O3/c1-19-15(18)13-6-4-7-14-16-11(10-17(13)14)9-12-5-2-3-8-20-12/h4,6-7,10,12H,2-3,5,8-9H2,1H3. The molecule has 2 aromatic rings. The molecule has 2 aromatic heterocycles. The van der Waals surface area contributed by atoms with Crippen LogP contribution in [-0.4, -0.2) is 35.2 Å². The lowest BCUT2D eigenvalue weighted by Crippen LogP contribution is -2.21. The minimum absolute atomic E-state index is 0.246. The van der Waals surface area contributed by atoms with Gasteiger partial charge in [-0.2, -0.15) is 0 Å². The highest BCUT2D eigenvalue weighted by Gasteiger charge is 2.17. The fourth-order valence-electron chi connectivity index (χ4n) is 2.63. The van der Waals surface area contributed by atoms with Crippen LogP contribution in [0.1, 0.15) is 35.4 Å². The van der Waals surface area contributed by atoms with E-state index in [1.807, 2.05) is 18.3 Å². The normalized spacial score (nSPS) is 19.1. The molecule has 5 nitrogen and oxygen atoms in total. The zero-order chi connectivity index (χ0) is 13.9. The van der Waals surface area contributed by atoms with Crippen molar-refractivity contribution in [2.75, 3.05) is 13.7 Å². The number of hydrogen-bond acceptors (Lipinski definition) is 4. The van der Waals surface area contributed by atoms with E-state index in [1.54, 1.807) is 10.5 Å². The lowest BCUT2D eigenvalue weighted by molar-refractivity contribution is 0.0163. The Labute approximate surface area is 117 Å². The zero-order valence-electron chi connectivity index (χ0n) is 11.5. The number of hydrogen-bond donors (Lipinski definition) is 0. The summed E-state index contributed by atoms with van der Waals surface area (Å²) in [6.07, 6.45) is 6.38. The van der Waals surface area contributed by atoms with Crippen molar-refractivity contribution in [3.05, 3.63) is 35.8 Å². The number of imidazole rings is 1. The van der Waals surface area contributed by atoms with Gasteiger partial charge in [0.05, 0.1) is 18.9 Å². The average Bonchev–Trinajstić information content (AvgIpc) is 2.89. The number of pyridine rings is 1. The molecule has 0 bridgehead atoms. The molecule has 20 heavy (non-hydrogen) atoms. The molecule has 1 aliphatic rings. The Bertz CT molecular complexity index is 615. The number of esters is 1. The summed E-state index contributed by atoms with van der Waals surface area (Å²) < 4.78 is 12.3. The molecule has 1 aliphatic heterocycles. The molecule has 3 rings (SSSR count). The van der Waals surface area contributed by atoms with Crippen molar-refractivity contribution in [1.29, 1.82) is 0 Å². The van der Waals surface area contributed by atoms with Crippen molar-refractivity contribution >= 4 is 11.6 Å². The first-order valence-electron chi connectivity index (χ1n) is 6.95. The van der Waals surface area contributed by atoms with Gasteiger partial charge in [-0.1, -0.05) is 6.07 Å². The van der Waals surface area contributed by atoms with Crippen LogP contribution in [0.25, 0.3) is 5.65 Å². The third kappa shape index (κ3) is 2.54. The highest BCUT2D eigenvalue weighted by Crippen LogP contribution is 2.18. The van der Waals surface area contributed by atoms with E-state index in [2.05, 4.69) is 4.98 Å². The zero-order valence-corrected chi connectivity index (χ0v) is 11.5. The molecule has 0 spiro atoms. The van der Waals surface area contributed by atoms with Crippen molar-refractivity contribution in [2.24, 2.45) is 0 Å². The summed E-state index contributed by atoms with van der Waals surface area (Å²) in [4.78, 5) is 16.3. The molecule has 0 aromatic carbocycles. The summed E-state index contributed by atoms with van der Waals surface area (Å²) >= 11 is 0. The van der Waals surface area contributed by atoms with Crippen molar-refractivity contribution in [3.8, 4) is 0 Å². The third-order valence-corrected chi connectivity index (χ3v) is 3.65. The Kier molecular flexibility index (Phi) is 3.69. The van der Waals surface area contributed by atoms with Crippen LogP contribution in [0.15, 0.2) is 24.4 Å². The highest BCUT2D eigenvalue weighted by molar-refractivity contribution is 5.88. The summed E-state index contributed by atoms with van der Waals surface area (Å²) in [7, 11) is 1.38. The van der Waals surface area contributed by atoms with Crippen LogP contribution in [0.5, 0.6) is 0 Å². The van der Waals surface area contributed by atoms with E-state index in [0.717, 1.165) is 37.2 Å². The average molecular weight is 274 g/mol. The van der Waals surface area contributed by atoms with E-state index < -0.39 is 0 Å². The topological polar surface area (TPSA) is 52.8 Å². The SMILES string of the molecule is COC(=O)c1cccc2nc(CC3CCCCO3)cn12. The predicted molar refractivity (Wildman–Crippen MR) is 73.8 cm³/mol. The summed E-state index contributed by atoms with van der Waals surface area (Å²) in [6.45, 7) is 0.839. The van der Waals surface area contributed by atoms with Gasteiger partial charge in [-0.05, 0) is 31.4 Å². The van der Waals surface area contributed by atoms with Crippen LogP contribution in [0, 0.1) is 0 Å². The Hall–Kier alpha value is -1.88. The number of rotatable bonds is 3. The number of ether oxygens (including phenoxy) is 2. The summed E-state index contributed by atoms with van der Waals surface area (Å²) in [5.74, 6) is -0.353. The molecule has 1 atom stereocenters. The molecule has 106 valence electrons.